The number of rotatable bonds is 6. The summed E-state index contributed by atoms with van der Waals surface area (Å²) in [6.45, 7) is 2.64. The molecule has 1 saturated heterocycles. The Balaban J connectivity index is 1.66. The fraction of sp³-hybridized carbons (Fsp3) is 0.438. The van der Waals surface area contributed by atoms with E-state index >= 15 is 0 Å². The number of ether oxygens (including phenoxy) is 1. The lowest BCUT2D eigenvalue weighted by atomic mass is 10.2. The maximum Gasteiger partial charge on any atom is 0.344 e. The molecule has 0 spiro atoms. The summed E-state index contributed by atoms with van der Waals surface area (Å²) in [6, 6.07) is 2.91. The van der Waals surface area contributed by atoms with E-state index in [1.807, 2.05) is 0 Å². The van der Waals surface area contributed by atoms with Crippen molar-refractivity contribution < 1.29 is 18.3 Å². The van der Waals surface area contributed by atoms with Gasteiger partial charge in [0.2, 0.25) is 5.91 Å². The molecule has 1 aliphatic rings. The fourth-order valence-electron chi connectivity index (χ4n) is 2.58. The third-order valence-electron chi connectivity index (χ3n) is 3.97. The summed E-state index contributed by atoms with van der Waals surface area (Å²) in [5.41, 5.74) is -0.484. The van der Waals surface area contributed by atoms with E-state index in [1.54, 1.807) is 6.92 Å². The van der Waals surface area contributed by atoms with Gasteiger partial charge in [-0.1, -0.05) is 11.8 Å². The molecule has 1 aromatic carbocycles. The first kappa shape index (κ1) is 18.6. The number of carbonyl (C=O) groups is 1. The largest absolute Gasteiger partial charge is 0.376 e. The van der Waals surface area contributed by atoms with Gasteiger partial charge < -0.3 is 10.1 Å². The Labute approximate surface area is 152 Å². The summed E-state index contributed by atoms with van der Waals surface area (Å²) in [7, 11) is 0. The van der Waals surface area contributed by atoms with Gasteiger partial charge in [0, 0.05) is 12.7 Å². The molecule has 1 aromatic heterocycles. The highest BCUT2D eigenvalue weighted by molar-refractivity contribution is 8.00. The molecular weight excluding hydrogens is 366 g/mol. The summed E-state index contributed by atoms with van der Waals surface area (Å²) in [4.78, 5) is 24.2. The minimum atomic E-state index is -0.856. The van der Waals surface area contributed by atoms with E-state index in [-0.39, 0.29) is 17.5 Å². The zero-order chi connectivity index (χ0) is 18.7. The first-order valence-electron chi connectivity index (χ1n) is 8.13. The van der Waals surface area contributed by atoms with Gasteiger partial charge in [-0.2, -0.15) is 0 Å². The van der Waals surface area contributed by atoms with Crippen LogP contribution in [0.1, 0.15) is 19.8 Å². The number of halogens is 2. The molecule has 2 aromatic rings. The number of hydrogen-bond donors (Lipinski definition) is 2. The first-order valence-corrected chi connectivity index (χ1v) is 9.01. The van der Waals surface area contributed by atoms with Gasteiger partial charge in [-0.25, -0.2) is 18.7 Å². The van der Waals surface area contributed by atoms with E-state index < -0.39 is 22.8 Å². The molecule has 0 unspecified atom stereocenters. The SMILES string of the molecule is C[C@H](Sc1n[nH]c(=O)n1C[C@@H]1CCCO1)C(=O)Nc1ccc(F)cc1F. The minimum absolute atomic E-state index is 0.0536. The van der Waals surface area contributed by atoms with E-state index in [0.29, 0.717) is 24.4 Å². The molecule has 0 aliphatic carbocycles. The number of anilines is 1. The molecule has 1 aliphatic heterocycles. The quantitative estimate of drug-likeness (QED) is 0.745. The van der Waals surface area contributed by atoms with Crippen LogP contribution in [-0.4, -0.2) is 38.6 Å². The molecule has 26 heavy (non-hydrogen) atoms. The minimum Gasteiger partial charge on any atom is -0.376 e. The van der Waals surface area contributed by atoms with Gasteiger partial charge >= 0.3 is 5.69 Å². The average molecular weight is 384 g/mol. The fourth-order valence-corrected chi connectivity index (χ4v) is 3.45. The molecule has 2 heterocycles. The zero-order valence-corrected chi connectivity index (χ0v) is 14.8. The van der Waals surface area contributed by atoms with Crippen molar-refractivity contribution in [3.63, 3.8) is 0 Å². The Morgan fingerprint density at radius 3 is 3.04 bits per heavy atom. The topological polar surface area (TPSA) is 89.0 Å². The van der Waals surface area contributed by atoms with Crippen LogP contribution in [0.5, 0.6) is 0 Å². The van der Waals surface area contributed by atoms with Gasteiger partial charge in [-0.15, -0.1) is 5.10 Å². The predicted molar refractivity (Wildman–Crippen MR) is 92.1 cm³/mol. The molecule has 0 saturated carbocycles. The zero-order valence-electron chi connectivity index (χ0n) is 14.0. The summed E-state index contributed by atoms with van der Waals surface area (Å²) in [5, 5.41) is 8.42. The number of aromatic amines is 1. The second-order valence-electron chi connectivity index (χ2n) is 5.93. The number of nitrogens with one attached hydrogen (secondary N) is 2. The number of carbonyl (C=O) groups excluding carboxylic acids is 1. The van der Waals surface area contributed by atoms with Crippen molar-refractivity contribution in [2.45, 2.75) is 42.8 Å². The highest BCUT2D eigenvalue weighted by Gasteiger charge is 2.23. The van der Waals surface area contributed by atoms with Gasteiger partial charge in [0.25, 0.3) is 0 Å². The van der Waals surface area contributed by atoms with Gasteiger partial charge in [0.15, 0.2) is 5.16 Å². The second kappa shape index (κ2) is 8.00. The molecule has 140 valence electrons. The van der Waals surface area contributed by atoms with Gasteiger partial charge in [-0.3, -0.25) is 9.36 Å². The summed E-state index contributed by atoms with van der Waals surface area (Å²) in [5.74, 6) is -2.07. The van der Waals surface area contributed by atoms with E-state index in [9.17, 15) is 18.4 Å². The van der Waals surface area contributed by atoms with Crippen molar-refractivity contribution in [2.24, 2.45) is 0 Å². The lowest BCUT2D eigenvalue weighted by Gasteiger charge is -2.14. The molecular formula is C16H18F2N4O3S. The van der Waals surface area contributed by atoms with Crippen LogP contribution >= 0.6 is 11.8 Å². The van der Waals surface area contributed by atoms with Crippen molar-refractivity contribution in [1.29, 1.82) is 0 Å². The predicted octanol–water partition coefficient (Wildman–Crippen LogP) is 2.15. The van der Waals surface area contributed by atoms with Crippen LogP contribution in [-0.2, 0) is 16.1 Å². The normalized spacial score (nSPS) is 18.0. The number of nitrogens with zero attached hydrogens (tertiary/aromatic N) is 2. The molecule has 0 radical (unpaired) electrons. The molecule has 0 bridgehead atoms. The van der Waals surface area contributed by atoms with Crippen LogP contribution in [0.25, 0.3) is 0 Å². The lowest BCUT2D eigenvalue weighted by molar-refractivity contribution is -0.115. The number of H-pyrrole nitrogens is 1. The Bertz CT molecular complexity index is 848. The molecule has 1 fully saturated rings. The highest BCUT2D eigenvalue weighted by Crippen LogP contribution is 2.24. The van der Waals surface area contributed by atoms with E-state index in [0.717, 1.165) is 36.7 Å². The molecule has 1 amide bonds. The molecule has 7 nitrogen and oxygen atoms in total. The van der Waals surface area contributed by atoms with E-state index in [2.05, 4.69) is 15.5 Å². The average Bonchev–Trinajstić information content (AvgIpc) is 3.22. The smallest absolute Gasteiger partial charge is 0.344 e. The number of hydrogen-bond acceptors (Lipinski definition) is 5. The van der Waals surface area contributed by atoms with Gasteiger partial charge in [0.1, 0.15) is 11.6 Å². The van der Waals surface area contributed by atoms with Crippen molar-refractivity contribution >= 4 is 23.4 Å². The number of benzene rings is 1. The summed E-state index contributed by atoms with van der Waals surface area (Å²) >= 11 is 1.07. The number of aromatic nitrogens is 3. The lowest BCUT2D eigenvalue weighted by Crippen LogP contribution is -2.27. The van der Waals surface area contributed by atoms with Crippen molar-refractivity contribution in [1.82, 2.24) is 14.8 Å². The van der Waals surface area contributed by atoms with Crippen LogP contribution < -0.4 is 11.0 Å². The van der Waals surface area contributed by atoms with E-state index in [4.69, 9.17) is 4.74 Å². The molecule has 3 rings (SSSR count). The second-order valence-corrected chi connectivity index (χ2v) is 7.24. The highest BCUT2D eigenvalue weighted by atomic mass is 32.2. The van der Waals surface area contributed by atoms with Crippen LogP contribution in [0.2, 0.25) is 0 Å². The van der Waals surface area contributed by atoms with E-state index in [1.165, 1.54) is 4.57 Å². The Kier molecular flexibility index (Phi) is 5.72. The van der Waals surface area contributed by atoms with Gasteiger partial charge in [0.05, 0.1) is 23.6 Å². The summed E-state index contributed by atoms with van der Waals surface area (Å²) < 4.78 is 33.6. The van der Waals surface area contributed by atoms with Crippen molar-refractivity contribution in [2.75, 3.05) is 11.9 Å². The van der Waals surface area contributed by atoms with Crippen LogP contribution in [0.4, 0.5) is 14.5 Å². The van der Waals surface area contributed by atoms with Crippen molar-refractivity contribution in [3.05, 3.63) is 40.3 Å². The summed E-state index contributed by atoms with van der Waals surface area (Å²) in [6.07, 6.45) is 1.76. The Hall–Kier alpha value is -2.20. The first-order chi connectivity index (χ1) is 12.4. The van der Waals surface area contributed by atoms with Crippen LogP contribution in [0, 0.1) is 11.6 Å². The molecule has 10 heteroatoms. The molecule has 2 atom stereocenters. The Morgan fingerprint density at radius 2 is 2.35 bits per heavy atom. The molecule has 2 N–H and O–H groups in total. The maximum atomic E-state index is 13.7. The third kappa shape index (κ3) is 4.31. The Morgan fingerprint density at radius 1 is 1.54 bits per heavy atom. The number of amides is 1. The number of thioether (sulfide) groups is 1. The van der Waals surface area contributed by atoms with Crippen molar-refractivity contribution in [3.8, 4) is 0 Å². The third-order valence-corrected chi connectivity index (χ3v) is 5.06. The maximum absolute atomic E-state index is 13.7. The van der Waals surface area contributed by atoms with Gasteiger partial charge in [-0.05, 0) is 31.9 Å². The van der Waals surface area contributed by atoms with Crippen LogP contribution in [0.15, 0.2) is 28.2 Å². The monoisotopic (exact) mass is 384 g/mol. The standard InChI is InChI=1S/C16H18F2N4O3S/c1-9(14(23)19-13-5-4-10(17)7-12(13)18)26-16-21-20-15(24)22(16)8-11-3-2-6-25-11/h4-5,7,9,11H,2-3,6,8H2,1H3,(H,19,23)(H,20,24)/t9-,11-/m0/s1. The van der Waals surface area contributed by atoms with Crippen LogP contribution in [0.3, 0.4) is 0 Å².